The van der Waals surface area contributed by atoms with E-state index >= 15 is 0 Å². The highest BCUT2D eigenvalue weighted by Gasteiger charge is 2.07. The highest BCUT2D eigenvalue weighted by molar-refractivity contribution is 5.79. The van der Waals surface area contributed by atoms with Gasteiger partial charge in [0.05, 0.1) is 11.0 Å². The molecule has 0 radical (unpaired) electrons. The van der Waals surface area contributed by atoms with Crippen molar-refractivity contribution in [1.82, 2.24) is 9.97 Å². The van der Waals surface area contributed by atoms with Crippen LogP contribution in [0.25, 0.3) is 22.4 Å². The zero-order valence-corrected chi connectivity index (χ0v) is 13.2. The topological polar surface area (TPSA) is 37.9 Å². The number of para-hydroxylation sites is 2. The third kappa shape index (κ3) is 3.21. The number of rotatable bonds is 4. The van der Waals surface area contributed by atoms with E-state index in [4.69, 9.17) is 4.74 Å². The summed E-state index contributed by atoms with van der Waals surface area (Å²) in [6.07, 6.45) is 0. The Morgan fingerprint density at radius 1 is 0.920 bits per heavy atom. The van der Waals surface area contributed by atoms with Crippen LogP contribution < -0.4 is 4.74 Å². The summed E-state index contributed by atoms with van der Waals surface area (Å²) in [6, 6.07) is 18.7. The van der Waals surface area contributed by atoms with Gasteiger partial charge in [-0.1, -0.05) is 36.4 Å². The van der Waals surface area contributed by atoms with E-state index in [0.717, 1.165) is 34.1 Å². The van der Waals surface area contributed by atoms with Crippen molar-refractivity contribution < 1.29 is 13.5 Å². The van der Waals surface area contributed by atoms with Gasteiger partial charge in [0.25, 0.3) is 0 Å². The fraction of sp³-hybridized carbons (Fsp3) is 0.0500. The predicted octanol–water partition coefficient (Wildman–Crippen LogP) is 5.09. The third-order valence-corrected chi connectivity index (χ3v) is 3.91. The number of aromatic amines is 1. The molecule has 1 heterocycles. The van der Waals surface area contributed by atoms with Crippen molar-refractivity contribution in [2.45, 2.75) is 6.61 Å². The summed E-state index contributed by atoms with van der Waals surface area (Å²) in [5, 5.41) is 0. The van der Waals surface area contributed by atoms with Gasteiger partial charge in [0.15, 0.2) is 11.6 Å². The molecule has 0 saturated heterocycles. The average Bonchev–Trinajstić information content (AvgIpc) is 3.05. The number of ether oxygens (including phenoxy) is 1. The van der Waals surface area contributed by atoms with E-state index in [1.807, 2.05) is 48.5 Å². The molecule has 0 spiro atoms. The van der Waals surface area contributed by atoms with Crippen LogP contribution in [0, 0.1) is 11.6 Å². The van der Waals surface area contributed by atoms with Crippen LogP contribution in [0.5, 0.6) is 5.75 Å². The highest BCUT2D eigenvalue weighted by Crippen LogP contribution is 2.22. The van der Waals surface area contributed by atoms with E-state index in [1.54, 1.807) is 0 Å². The molecular weight excluding hydrogens is 322 g/mol. The lowest BCUT2D eigenvalue weighted by atomic mass is 10.1. The van der Waals surface area contributed by atoms with Crippen molar-refractivity contribution in [2.24, 2.45) is 0 Å². The van der Waals surface area contributed by atoms with Crippen molar-refractivity contribution in [3.05, 3.63) is 83.9 Å². The van der Waals surface area contributed by atoms with Crippen molar-refractivity contribution >= 4 is 11.0 Å². The fourth-order valence-corrected chi connectivity index (χ4v) is 2.60. The van der Waals surface area contributed by atoms with E-state index in [9.17, 15) is 8.78 Å². The number of benzene rings is 3. The Morgan fingerprint density at radius 2 is 1.72 bits per heavy atom. The number of imidazole rings is 1. The smallest absolute Gasteiger partial charge is 0.167 e. The molecular formula is C20H14F2N2O. The number of hydrogen-bond donors (Lipinski definition) is 1. The van der Waals surface area contributed by atoms with Crippen LogP contribution in [0.15, 0.2) is 66.7 Å². The molecule has 0 unspecified atom stereocenters. The van der Waals surface area contributed by atoms with Crippen LogP contribution in [0.4, 0.5) is 8.78 Å². The number of nitrogens with zero attached hydrogens (tertiary/aromatic N) is 1. The number of H-pyrrole nitrogens is 1. The highest BCUT2D eigenvalue weighted by atomic mass is 19.1. The molecule has 0 aliphatic heterocycles. The molecule has 1 aromatic heterocycles. The second-order valence-corrected chi connectivity index (χ2v) is 5.66. The van der Waals surface area contributed by atoms with E-state index in [1.165, 1.54) is 12.1 Å². The van der Waals surface area contributed by atoms with Gasteiger partial charge in [0, 0.05) is 11.6 Å². The quantitative estimate of drug-likeness (QED) is 0.564. The van der Waals surface area contributed by atoms with Crippen molar-refractivity contribution in [1.29, 1.82) is 0 Å². The molecule has 0 aliphatic rings. The van der Waals surface area contributed by atoms with E-state index < -0.39 is 11.6 Å². The number of fused-ring (bicyclic) bond motifs is 1. The minimum atomic E-state index is -0.709. The van der Waals surface area contributed by atoms with E-state index in [0.29, 0.717) is 0 Å². The molecule has 0 fully saturated rings. The summed E-state index contributed by atoms with van der Waals surface area (Å²) < 4.78 is 31.9. The monoisotopic (exact) mass is 336 g/mol. The Balaban J connectivity index is 1.49. The molecule has 0 aliphatic carbocycles. The summed E-state index contributed by atoms with van der Waals surface area (Å²) in [4.78, 5) is 7.83. The van der Waals surface area contributed by atoms with Gasteiger partial charge in [-0.2, -0.15) is 0 Å². The minimum Gasteiger partial charge on any atom is -0.486 e. The zero-order chi connectivity index (χ0) is 17.2. The molecule has 3 nitrogen and oxygen atoms in total. The molecule has 124 valence electrons. The predicted molar refractivity (Wildman–Crippen MR) is 92.2 cm³/mol. The molecule has 1 N–H and O–H groups in total. The zero-order valence-electron chi connectivity index (χ0n) is 13.2. The van der Waals surface area contributed by atoms with Crippen LogP contribution in [-0.2, 0) is 6.61 Å². The molecule has 3 aromatic carbocycles. The first-order valence-corrected chi connectivity index (χ1v) is 7.81. The van der Waals surface area contributed by atoms with Crippen molar-refractivity contribution in [3.8, 4) is 17.1 Å². The van der Waals surface area contributed by atoms with Crippen molar-refractivity contribution in [3.63, 3.8) is 0 Å². The van der Waals surface area contributed by atoms with E-state index in [-0.39, 0.29) is 12.4 Å². The molecule has 4 rings (SSSR count). The largest absolute Gasteiger partial charge is 0.486 e. The van der Waals surface area contributed by atoms with Crippen LogP contribution in [0.2, 0.25) is 0 Å². The molecule has 25 heavy (non-hydrogen) atoms. The Kier molecular flexibility index (Phi) is 3.90. The summed E-state index contributed by atoms with van der Waals surface area (Å²) in [5.74, 6) is -0.514. The molecule has 0 atom stereocenters. The molecule has 0 bridgehead atoms. The first kappa shape index (κ1) is 15.3. The van der Waals surface area contributed by atoms with Gasteiger partial charge in [0.2, 0.25) is 0 Å². The summed E-state index contributed by atoms with van der Waals surface area (Å²) in [5.41, 5.74) is 3.73. The minimum absolute atomic E-state index is 0.0303. The van der Waals surface area contributed by atoms with Gasteiger partial charge in [-0.05, 0) is 29.8 Å². The summed E-state index contributed by atoms with van der Waals surface area (Å²) >= 11 is 0. The lowest BCUT2D eigenvalue weighted by Crippen LogP contribution is -1.97. The number of hydrogen-bond acceptors (Lipinski definition) is 2. The van der Waals surface area contributed by atoms with Gasteiger partial charge < -0.3 is 9.72 Å². The maximum Gasteiger partial charge on any atom is 0.167 e. The van der Waals surface area contributed by atoms with Gasteiger partial charge in [-0.3, -0.25) is 0 Å². The maximum absolute atomic E-state index is 13.6. The first-order valence-electron chi connectivity index (χ1n) is 7.81. The molecule has 5 heteroatoms. The fourth-order valence-electron chi connectivity index (χ4n) is 2.60. The third-order valence-electron chi connectivity index (χ3n) is 3.91. The normalized spacial score (nSPS) is 11.0. The standard InChI is InChI=1S/C20H14F2N2O/c21-15-9-10-19(16(22)11-15)25-12-13-5-7-14(8-6-13)20-23-17-3-1-2-4-18(17)24-20/h1-11H,12H2,(H,23,24). The average molecular weight is 336 g/mol. The summed E-state index contributed by atoms with van der Waals surface area (Å²) in [7, 11) is 0. The number of halogens is 2. The van der Waals surface area contributed by atoms with Crippen molar-refractivity contribution in [2.75, 3.05) is 0 Å². The SMILES string of the molecule is Fc1ccc(OCc2ccc(-c3nc4ccccc4[nH]3)cc2)c(F)c1. The van der Waals surface area contributed by atoms with Gasteiger partial charge >= 0.3 is 0 Å². The van der Waals surface area contributed by atoms with Crippen LogP contribution in [0.3, 0.4) is 0 Å². The first-order chi connectivity index (χ1) is 12.2. The molecule has 4 aromatic rings. The molecule has 0 saturated carbocycles. The summed E-state index contributed by atoms with van der Waals surface area (Å²) in [6.45, 7) is 0.197. The number of aromatic nitrogens is 2. The maximum atomic E-state index is 13.6. The van der Waals surface area contributed by atoms with Gasteiger partial charge in [-0.25, -0.2) is 13.8 Å². The number of nitrogens with one attached hydrogen (secondary N) is 1. The lowest BCUT2D eigenvalue weighted by Gasteiger charge is -2.07. The van der Waals surface area contributed by atoms with Crippen LogP contribution >= 0.6 is 0 Å². The van der Waals surface area contributed by atoms with Crippen LogP contribution in [0.1, 0.15) is 5.56 Å². The Bertz CT molecular complexity index is 992. The van der Waals surface area contributed by atoms with Gasteiger partial charge in [0.1, 0.15) is 18.2 Å². The second-order valence-electron chi connectivity index (χ2n) is 5.66. The van der Waals surface area contributed by atoms with Crippen LogP contribution in [-0.4, -0.2) is 9.97 Å². The van der Waals surface area contributed by atoms with Gasteiger partial charge in [-0.15, -0.1) is 0 Å². The Morgan fingerprint density at radius 3 is 2.48 bits per heavy atom. The second kappa shape index (κ2) is 6.36. The lowest BCUT2D eigenvalue weighted by molar-refractivity contribution is 0.289. The Hall–Kier alpha value is -3.21. The Labute approximate surface area is 142 Å². The van der Waals surface area contributed by atoms with E-state index in [2.05, 4.69) is 9.97 Å². The molecule has 0 amide bonds.